The van der Waals surface area contributed by atoms with Crippen molar-refractivity contribution in [3.8, 4) is 0 Å². The number of aryl methyl sites for hydroxylation is 1. The Morgan fingerprint density at radius 2 is 2.14 bits per heavy atom. The van der Waals surface area contributed by atoms with E-state index in [-0.39, 0.29) is 6.04 Å². The summed E-state index contributed by atoms with van der Waals surface area (Å²) in [4.78, 5) is 9.50. The third kappa shape index (κ3) is 6.50. The van der Waals surface area contributed by atoms with Crippen LogP contribution in [0, 0.1) is 12.8 Å². The largest absolute Gasteiger partial charge is 0.465 e. The van der Waals surface area contributed by atoms with Gasteiger partial charge in [-0.1, -0.05) is 0 Å². The van der Waals surface area contributed by atoms with Gasteiger partial charge < -0.3 is 24.1 Å². The zero-order valence-corrected chi connectivity index (χ0v) is 17.7. The number of nitrogens with one attached hydrogen (secondary N) is 1. The molecule has 0 spiro atoms. The highest BCUT2D eigenvalue weighted by molar-refractivity contribution is 5.79. The number of hydrogen-bond acceptors (Lipinski definition) is 5. The number of ether oxygens (including phenoxy) is 2. The van der Waals surface area contributed by atoms with Gasteiger partial charge in [0.05, 0.1) is 32.4 Å². The zero-order chi connectivity index (χ0) is 19.8. The van der Waals surface area contributed by atoms with Crippen LogP contribution in [0.2, 0.25) is 0 Å². The van der Waals surface area contributed by atoms with Crippen LogP contribution in [0.25, 0.3) is 0 Å². The SMILES string of the molecule is CCNC(=NCC(c1ccc(C)o1)N1CCOCC1)N(C)CCOCC1CC1. The molecule has 0 bridgehead atoms. The van der Waals surface area contributed by atoms with Crippen LogP contribution in [0.5, 0.6) is 0 Å². The van der Waals surface area contributed by atoms with Crippen molar-refractivity contribution >= 4 is 5.96 Å². The molecule has 28 heavy (non-hydrogen) atoms. The molecule has 158 valence electrons. The van der Waals surface area contributed by atoms with Gasteiger partial charge >= 0.3 is 0 Å². The molecule has 7 nitrogen and oxygen atoms in total. The fourth-order valence-electron chi connectivity index (χ4n) is 3.39. The summed E-state index contributed by atoms with van der Waals surface area (Å²) >= 11 is 0. The van der Waals surface area contributed by atoms with Crippen molar-refractivity contribution < 1.29 is 13.9 Å². The van der Waals surface area contributed by atoms with Gasteiger partial charge in [-0.05, 0) is 44.7 Å². The predicted octanol–water partition coefficient (Wildman–Crippen LogP) is 2.29. The molecule has 1 saturated carbocycles. The van der Waals surface area contributed by atoms with Gasteiger partial charge in [0.15, 0.2) is 5.96 Å². The standard InChI is InChI=1S/C21H36N4O3/c1-4-22-21(24(3)9-12-27-16-18-6-7-18)23-15-19(20-8-5-17(2)28-20)25-10-13-26-14-11-25/h5,8,18-19H,4,6-7,9-16H2,1-3H3,(H,22,23). The lowest BCUT2D eigenvalue weighted by Gasteiger charge is -2.33. The molecule has 1 aliphatic heterocycles. The van der Waals surface area contributed by atoms with Crippen LogP contribution in [-0.4, -0.2) is 82.0 Å². The van der Waals surface area contributed by atoms with Gasteiger partial charge in [0, 0.05) is 39.8 Å². The lowest BCUT2D eigenvalue weighted by molar-refractivity contribution is 0.0135. The monoisotopic (exact) mass is 392 g/mol. The molecule has 1 saturated heterocycles. The number of furan rings is 1. The molecule has 1 unspecified atom stereocenters. The normalized spacial score (nSPS) is 19.6. The minimum absolute atomic E-state index is 0.130. The summed E-state index contributed by atoms with van der Waals surface area (Å²) in [5.74, 6) is 3.64. The molecule has 2 fully saturated rings. The maximum Gasteiger partial charge on any atom is 0.193 e. The van der Waals surface area contributed by atoms with Crippen LogP contribution in [0.4, 0.5) is 0 Å². The first-order valence-electron chi connectivity index (χ1n) is 10.6. The second-order valence-corrected chi connectivity index (χ2v) is 7.75. The predicted molar refractivity (Wildman–Crippen MR) is 111 cm³/mol. The zero-order valence-electron chi connectivity index (χ0n) is 17.7. The van der Waals surface area contributed by atoms with Gasteiger partial charge in [-0.3, -0.25) is 9.89 Å². The average Bonchev–Trinajstić information content (AvgIpc) is 3.44. The van der Waals surface area contributed by atoms with Gasteiger partial charge in [-0.15, -0.1) is 0 Å². The van der Waals surface area contributed by atoms with Gasteiger partial charge in [0.1, 0.15) is 11.5 Å². The first-order chi connectivity index (χ1) is 13.7. The van der Waals surface area contributed by atoms with E-state index in [2.05, 4.69) is 35.2 Å². The highest BCUT2D eigenvalue weighted by Gasteiger charge is 2.25. The molecule has 1 N–H and O–H groups in total. The van der Waals surface area contributed by atoms with Gasteiger partial charge in [-0.25, -0.2) is 0 Å². The maximum atomic E-state index is 5.95. The Morgan fingerprint density at radius 3 is 2.79 bits per heavy atom. The molecule has 0 aromatic carbocycles. The summed E-state index contributed by atoms with van der Waals surface area (Å²) < 4.78 is 17.3. The van der Waals surface area contributed by atoms with E-state index in [9.17, 15) is 0 Å². The molecule has 0 radical (unpaired) electrons. The van der Waals surface area contributed by atoms with Crippen LogP contribution in [0.3, 0.4) is 0 Å². The smallest absolute Gasteiger partial charge is 0.193 e. The fraction of sp³-hybridized carbons (Fsp3) is 0.762. The van der Waals surface area contributed by atoms with Crippen molar-refractivity contribution in [3.63, 3.8) is 0 Å². The Balaban J connectivity index is 1.60. The van der Waals surface area contributed by atoms with Gasteiger partial charge in [0.25, 0.3) is 0 Å². The molecule has 2 heterocycles. The molecule has 2 aliphatic rings. The number of rotatable bonds is 10. The van der Waals surface area contributed by atoms with Crippen molar-refractivity contribution in [2.24, 2.45) is 10.9 Å². The van der Waals surface area contributed by atoms with Gasteiger partial charge in [0.2, 0.25) is 0 Å². The van der Waals surface area contributed by atoms with Crippen molar-refractivity contribution in [2.45, 2.75) is 32.7 Å². The first kappa shape index (κ1) is 21.1. The number of likely N-dealkylation sites (N-methyl/N-ethyl adjacent to an activating group) is 1. The third-order valence-corrected chi connectivity index (χ3v) is 5.31. The second-order valence-electron chi connectivity index (χ2n) is 7.75. The van der Waals surface area contributed by atoms with E-state index >= 15 is 0 Å². The second kappa shape index (κ2) is 10.8. The number of nitrogens with zero attached hydrogens (tertiary/aromatic N) is 3. The summed E-state index contributed by atoms with van der Waals surface area (Å²) in [6.07, 6.45) is 2.66. The molecule has 1 aromatic heterocycles. The molecular formula is C21H36N4O3. The van der Waals surface area contributed by atoms with Crippen LogP contribution in [0.15, 0.2) is 21.5 Å². The van der Waals surface area contributed by atoms with E-state index in [1.807, 2.05) is 13.0 Å². The number of aliphatic imine (C=N–C) groups is 1. The quantitative estimate of drug-likeness (QED) is 0.374. The minimum Gasteiger partial charge on any atom is -0.465 e. The maximum absolute atomic E-state index is 5.95. The van der Waals surface area contributed by atoms with Crippen LogP contribution >= 0.6 is 0 Å². The van der Waals surface area contributed by atoms with Crippen LogP contribution in [0.1, 0.15) is 37.3 Å². The third-order valence-electron chi connectivity index (χ3n) is 5.31. The Hall–Kier alpha value is -1.57. The highest BCUT2D eigenvalue weighted by atomic mass is 16.5. The van der Waals surface area contributed by atoms with Gasteiger partial charge in [-0.2, -0.15) is 0 Å². The van der Waals surface area contributed by atoms with Crippen LogP contribution < -0.4 is 5.32 Å². The lowest BCUT2D eigenvalue weighted by Crippen LogP contribution is -2.43. The Labute approximate surface area is 169 Å². The summed E-state index contributed by atoms with van der Waals surface area (Å²) in [6, 6.07) is 4.24. The van der Waals surface area contributed by atoms with Crippen LogP contribution in [-0.2, 0) is 9.47 Å². The lowest BCUT2D eigenvalue weighted by atomic mass is 10.1. The molecule has 1 aromatic rings. The summed E-state index contributed by atoms with van der Waals surface area (Å²) in [7, 11) is 2.07. The Morgan fingerprint density at radius 1 is 1.36 bits per heavy atom. The Bertz CT molecular complexity index is 609. The highest BCUT2D eigenvalue weighted by Crippen LogP contribution is 2.28. The van der Waals surface area contributed by atoms with E-state index in [0.29, 0.717) is 6.54 Å². The Kier molecular flexibility index (Phi) is 8.18. The number of guanidine groups is 1. The summed E-state index contributed by atoms with van der Waals surface area (Å²) in [6.45, 7) is 11.4. The van der Waals surface area contributed by atoms with E-state index in [4.69, 9.17) is 18.9 Å². The molecule has 1 atom stereocenters. The average molecular weight is 393 g/mol. The van der Waals surface area contributed by atoms with Crippen molar-refractivity contribution in [1.82, 2.24) is 15.1 Å². The van der Waals surface area contributed by atoms with Crippen molar-refractivity contribution in [1.29, 1.82) is 0 Å². The van der Waals surface area contributed by atoms with E-state index in [0.717, 1.165) is 76.0 Å². The fourth-order valence-corrected chi connectivity index (χ4v) is 3.39. The minimum atomic E-state index is 0.130. The molecule has 1 aliphatic carbocycles. The molecule has 7 heteroatoms. The molecule has 0 amide bonds. The molecule has 3 rings (SSSR count). The molecular weight excluding hydrogens is 356 g/mol. The topological polar surface area (TPSA) is 62.5 Å². The van der Waals surface area contributed by atoms with Crippen molar-refractivity contribution in [2.75, 3.05) is 66.2 Å². The van der Waals surface area contributed by atoms with E-state index in [1.165, 1.54) is 12.8 Å². The summed E-state index contributed by atoms with van der Waals surface area (Å²) in [5.41, 5.74) is 0. The van der Waals surface area contributed by atoms with Crippen molar-refractivity contribution in [3.05, 3.63) is 23.7 Å². The van der Waals surface area contributed by atoms with E-state index < -0.39 is 0 Å². The first-order valence-corrected chi connectivity index (χ1v) is 10.6. The number of hydrogen-bond donors (Lipinski definition) is 1. The summed E-state index contributed by atoms with van der Waals surface area (Å²) in [5, 5.41) is 3.41. The number of morpholine rings is 1. The van der Waals surface area contributed by atoms with E-state index in [1.54, 1.807) is 0 Å².